The summed E-state index contributed by atoms with van der Waals surface area (Å²) in [4.78, 5) is 4.25. The summed E-state index contributed by atoms with van der Waals surface area (Å²) in [6, 6.07) is 5.26. The zero-order chi connectivity index (χ0) is 12.7. The molecule has 0 aromatic carbocycles. The number of rotatable bonds is 2. The summed E-state index contributed by atoms with van der Waals surface area (Å²) >= 11 is 0. The van der Waals surface area contributed by atoms with E-state index in [1.165, 1.54) is 6.20 Å². The van der Waals surface area contributed by atoms with Crippen LogP contribution in [0.2, 0.25) is 0 Å². The van der Waals surface area contributed by atoms with Gasteiger partial charge in [0.05, 0.1) is 16.7 Å². The second kappa shape index (κ2) is 3.90. The van der Waals surface area contributed by atoms with Crippen molar-refractivity contribution < 1.29 is 8.78 Å². The van der Waals surface area contributed by atoms with Crippen molar-refractivity contribution in [1.82, 2.24) is 19.3 Å². The van der Waals surface area contributed by atoms with Crippen LogP contribution in [0.5, 0.6) is 0 Å². The second-order valence-electron chi connectivity index (χ2n) is 3.99. The summed E-state index contributed by atoms with van der Waals surface area (Å²) in [5, 5.41) is 3.61. The predicted molar refractivity (Wildman–Crippen MR) is 63.2 cm³/mol. The standard InChI is InChI=1S/C12H10F2N4/c1-17-5-3-9-11(17)6-8(7-15-9)10-2-4-16-18(10)12(13)14/h2-7,12H,1H3. The van der Waals surface area contributed by atoms with Crippen LogP contribution in [0.1, 0.15) is 6.55 Å². The molecule has 3 rings (SSSR count). The maximum atomic E-state index is 12.8. The van der Waals surface area contributed by atoms with Crippen molar-refractivity contribution >= 4 is 11.0 Å². The number of pyridine rings is 1. The predicted octanol–water partition coefficient (Wildman–Crippen LogP) is 2.83. The third-order valence-electron chi connectivity index (χ3n) is 2.88. The highest BCUT2D eigenvalue weighted by molar-refractivity contribution is 5.80. The average Bonchev–Trinajstić information content (AvgIpc) is 2.96. The van der Waals surface area contributed by atoms with Crippen molar-refractivity contribution in [2.24, 2.45) is 7.05 Å². The molecule has 0 aliphatic heterocycles. The lowest BCUT2D eigenvalue weighted by atomic mass is 10.2. The molecule has 0 amide bonds. The van der Waals surface area contributed by atoms with Gasteiger partial charge >= 0.3 is 6.55 Å². The molecule has 3 aromatic heterocycles. The summed E-state index contributed by atoms with van der Waals surface area (Å²) in [7, 11) is 1.89. The molecule has 0 N–H and O–H groups in total. The number of hydrogen-bond acceptors (Lipinski definition) is 2. The molecule has 92 valence electrons. The second-order valence-corrected chi connectivity index (χ2v) is 3.99. The SMILES string of the molecule is Cn1ccc2ncc(-c3ccnn3C(F)F)cc21. The molecule has 0 spiro atoms. The van der Waals surface area contributed by atoms with E-state index in [-0.39, 0.29) is 0 Å². The molecule has 0 fully saturated rings. The molecule has 0 aliphatic carbocycles. The fourth-order valence-electron chi connectivity index (χ4n) is 1.98. The maximum absolute atomic E-state index is 12.8. The van der Waals surface area contributed by atoms with Crippen LogP contribution < -0.4 is 0 Å². The molecule has 6 heteroatoms. The fraction of sp³-hybridized carbons (Fsp3) is 0.167. The molecule has 0 aliphatic rings. The van der Waals surface area contributed by atoms with Gasteiger partial charge in [-0.15, -0.1) is 0 Å². The van der Waals surface area contributed by atoms with Gasteiger partial charge in [0.1, 0.15) is 0 Å². The molecule has 3 aromatic rings. The van der Waals surface area contributed by atoms with Crippen molar-refractivity contribution in [3.8, 4) is 11.3 Å². The zero-order valence-corrected chi connectivity index (χ0v) is 9.59. The summed E-state index contributed by atoms with van der Waals surface area (Å²) in [6.45, 7) is -2.65. The molecular formula is C12H10F2N4. The van der Waals surface area contributed by atoms with Crippen LogP contribution in [-0.2, 0) is 7.05 Å². The van der Waals surface area contributed by atoms with Gasteiger partial charge in [-0.2, -0.15) is 13.9 Å². The Bertz CT molecular complexity index is 699. The zero-order valence-electron chi connectivity index (χ0n) is 9.59. The van der Waals surface area contributed by atoms with E-state index in [2.05, 4.69) is 10.1 Å². The van der Waals surface area contributed by atoms with Crippen LogP contribution in [-0.4, -0.2) is 19.3 Å². The Balaban J connectivity index is 2.19. The number of hydrogen-bond donors (Lipinski definition) is 0. The Morgan fingerprint density at radius 1 is 1.28 bits per heavy atom. The monoisotopic (exact) mass is 248 g/mol. The molecule has 0 bridgehead atoms. The smallest absolute Gasteiger partial charge is 0.333 e. The molecule has 0 unspecified atom stereocenters. The largest absolute Gasteiger partial charge is 0.349 e. The summed E-state index contributed by atoms with van der Waals surface area (Å²) in [5.41, 5.74) is 2.72. The minimum atomic E-state index is -2.65. The van der Waals surface area contributed by atoms with Gasteiger partial charge < -0.3 is 4.57 Å². The third kappa shape index (κ3) is 1.57. The first-order valence-electron chi connectivity index (χ1n) is 5.40. The van der Waals surface area contributed by atoms with Gasteiger partial charge in [0.15, 0.2) is 0 Å². The summed E-state index contributed by atoms with van der Waals surface area (Å²) in [5.74, 6) is 0. The Labute approximate surface area is 101 Å². The molecule has 0 saturated heterocycles. The number of halogens is 2. The van der Waals surface area contributed by atoms with Crippen LogP contribution in [0.25, 0.3) is 22.3 Å². The molecule has 0 atom stereocenters. The highest BCUT2D eigenvalue weighted by atomic mass is 19.3. The maximum Gasteiger partial charge on any atom is 0.333 e. The van der Waals surface area contributed by atoms with E-state index >= 15 is 0 Å². The lowest BCUT2D eigenvalue weighted by Gasteiger charge is -2.06. The average molecular weight is 248 g/mol. The van der Waals surface area contributed by atoms with Crippen molar-refractivity contribution in [3.63, 3.8) is 0 Å². The first kappa shape index (κ1) is 10.9. The topological polar surface area (TPSA) is 35.6 Å². The minimum absolute atomic E-state index is 0.362. The lowest BCUT2D eigenvalue weighted by molar-refractivity contribution is 0.0585. The van der Waals surface area contributed by atoms with Crippen LogP contribution >= 0.6 is 0 Å². The van der Waals surface area contributed by atoms with E-state index in [1.54, 1.807) is 12.3 Å². The number of aromatic nitrogens is 4. The Morgan fingerprint density at radius 3 is 2.89 bits per heavy atom. The lowest BCUT2D eigenvalue weighted by Crippen LogP contribution is -2.02. The molecule has 4 nitrogen and oxygen atoms in total. The number of aryl methyl sites for hydroxylation is 1. The quantitative estimate of drug-likeness (QED) is 0.699. The summed E-state index contributed by atoms with van der Waals surface area (Å²) in [6.07, 6.45) is 4.82. The van der Waals surface area contributed by atoms with E-state index < -0.39 is 6.55 Å². The van der Waals surface area contributed by atoms with E-state index in [1.807, 2.05) is 29.9 Å². The molecule has 18 heavy (non-hydrogen) atoms. The number of fused-ring (bicyclic) bond motifs is 1. The third-order valence-corrected chi connectivity index (χ3v) is 2.88. The van der Waals surface area contributed by atoms with Crippen molar-refractivity contribution in [2.45, 2.75) is 6.55 Å². The highest BCUT2D eigenvalue weighted by Gasteiger charge is 2.14. The van der Waals surface area contributed by atoms with E-state index in [0.717, 1.165) is 11.0 Å². The van der Waals surface area contributed by atoms with Gasteiger partial charge in [0, 0.05) is 31.2 Å². The Morgan fingerprint density at radius 2 is 2.11 bits per heavy atom. The number of alkyl halides is 2. The molecular weight excluding hydrogens is 238 g/mol. The number of nitrogens with zero attached hydrogens (tertiary/aromatic N) is 4. The molecule has 0 saturated carbocycles. The van der Waals surface area contributed by atoms with E-state index in [0.29, 0.717) is 15.9 Å². The normalized spacial score (nSPS) is 11.6. The van der Waals surface area contributed by atoms with E-state index in [9.17, 15) is 8.78 Å². The van der Waals surface area contributed by atoms with E-state index in [4.69, 9.17) is 0 Å². The van der Waals surface area contributed by atoms with Crippen LogP contribution in [0.15, 0.2) is 36.8 Å². The van der Waals surface area contributed by atoms with Gasteiger partial charge in [-0.25, -0.2) is 4.68 Å². The van der Waals surface area contributed by atoms with Gasteiger partial charge in [-0.3, -0.25) is 4.98 Å². The van der Waals surface area contributed by atoms with Crippen LogP contribution in [0.3, 0.4) is 0 Å². The minimum Gasteiger partial charge on any atom is -0.349 e. The Hall–Kier alpha value is -2.24. The van der Waals surface area contributed by atoms with Crippen molar-refractivity contribution in [3.05, 3.63) is 36.8 Å². The van der Waals surface area contributed by atoms with Crippen LogP contribution in [0, 0.1) is 0 Å². The molecule has 0 radical (unpaired) electrons. The van der Waals surface area contributed by atoms with Gasteiger partial charge in [-0.05, 0) is 18.2 Å². The first-order chi connectivity index (χ1) is 8.66. The highest BCUT2D eigenvalue weighted by Crippen LogP contribution is 2.25. The van der Waals surface area contributed by atoms with Gasteiger partial charge in [-0.1, -0.05) is 0 Å². The van der Waals surface area contributed by atoms with Crippen LogP contribution in [0.4, 0.5) is 8.78 Å². The van der Waals surface area contributed by atoms with Gasteiger partial charge in [0.2, 0.25) is 0 Å². The van der Waals surface area contributed by atoms with Crippen molar-refractivity contribution in [2.75, 3.05) is 0 Å². The molecule has 3 heterocycles. The van der Waals surface area contributed by atoms with Crippen molar-refractivity contribution in [1.29, 1.82) is 0 Å². The fourth-order valence-corrected chi connectivity index (χ4v) is 1.98. The first-order valence-corrected chi connectivity index (χ1v) is 5.40. The van der Waals surface area contributed by atoms with Gasteiger partial charge in [0.25, 0.3) is 0 Å². The Kier molecular flexibility index (Phi) is 2.36. The summed E-state index contributed by atoms with van der Waals surface area (Å²) < 4.78 is 28.1.